The molecule has 2 aromatic rings. The second-order valence-corrected chi connectivity index (χ2v) is 6.23. The highest BCUT2D eigenvalue weighted by Crippen LogP contribution is 2.29. The third-order valence-corrected chi connectivity index (χ3v) is 4.65. The molecule has 25 heavy (non-hydrogen) atoms. The SMILES string of the molecule is COC(CN=C1NN(C)c2cnn(-c3ccccc3)c(=O)c2S1)OC. The Hall–Kier alpha value is -2.36. The maximum atomic E-state index is 12.9. The van der Waals surface area contributed by atoms with Gasteiger partial charge >= 0.3 is 0 Å². The third kappa shape index (κ3) is 3.68. The lowest BCUT2D eigenvalue weighted by atomic mass is 10.3. The van der Waals surface area contributed by atoms with Crippen LogP contribution < -0.4 is 16.0 Å². The minimum atomic E-state index is -0.431. The van der Waals surface area contributed by atoms with Gasteiger partial charge in [0.05, 0.1) is 24.1 Å². The zero-order chi connectivity index (χ0) is 17.8. The van der Waals surface area contributed by atoms with Gasteiger partial charge in [-0.3, -0.25) is 20.2 Å². The number of anilines is 1. The van der Waals surface area contributed by atoms with Gasteiger partial charge < -0.3 is 9.47 Å². The van der Waals surface area contributed by atoms with Gasteiger partial charge in [-0.15, -0.1) is 0 Å². The fourth-order valence-electron chi connectivity index (χ4n) is 2.31. The molecule has 2 heterocycles. The maximum Gasteiger partial charge on any atom is 0.287 e. The number of rotatable bonds is 5. The number of para-hydroxylation sites is 1. The number of aliphatic imine (C=N–C) groups is 1. The molecule has 0 atom stereocenters. The normalized spacial score (nSPS) is 15.4. The Kier molecular flexibility index (Phi) is 5.37. The number of benzene rings is 1. The van der Waals surface area contributed by atoms with Crippen LogP contribution in [0.5, 0.6) is 0 Å². The minimum Gasteiger partial charge on any atom is -0.354 e. The van der Waals surface area contributed by atoms with E-state index in [1.165, 1.54) is 16.4 Å². The van der Waals surface area contributed by atoms with E-state index in [0.717, 1.165) is 5.69 Å². The van der Waals surface area contributed by atoms with E-state index < -0.39 is 6.29 Å². The highest BCUT2D eigenvalue weighted by Gasteiger charge is 2.24. The summed E-state index contributed by atoms with van der Waals surface area (Å²) >= 11 is 1.27. The number of hydrogen-bond donors (Lipinski definition) is 1. The van der Waals surface area contributed by atoms with Crippen LogP contribution in [0.15, 0.2) is 51.2 Å². The predicted octanol–water partition coefficient (Wildman–Crippen LogP) is 1.25. The number of hydrazine groups is 1. The number of thioether (sulfide) groups is 1. The molecule has 3 rings (SSSR count). The lowest BCUT2D eigenvalue weighted by molar-refractivity contribution is -0.0936. The second-order valence-electron chi connectivity index (χ2n) is 5.23. The Balaban J connectivity index is 1.94. The summed E-state index contributed by atoms with van der Waals surface area (Å²) in [5, 5.41) is 6.59. The van der Waals surface area contributed by atoms with Gasteiger partial charge in [0, 0.05) is 21.3 Å². The van der Waals surface area contributed by atoms with Gasteiger partial charge in [0.15, 0.2) is 11.5 Å². The quantitative estimate of drug-likeness (QED) is 0.803. The van der Waals surface area contributed by atoms with E-state index in [4.69, 9.17) is 9.47 Å². The van der Waals surface area contributed by atoms with Crippen molar-refractivity contribution in [1.29, 1.82) is 0 Å². The summed E-state index contributed by atoms with van der Waals surface area (Å²) in [5.74, 6) is 0. The Morgan fingerprint density at radius 1 is 1.28 bits per heavy atom. The Labute approximate surface area is 149 Å². The molecule has 0 saturated heterocycles. The van der Waals surface area contributed by atoms with Crippen molar-refractivity contribution in [3.05, 3.63) is 46.9 Å². The molecule has 0 spiro atoms. The highest BCUT2D eigenvalue weighted by molar-refractivity contribution is 8.14. The average Bonchev–Trinajstić information content (AvgIpc) is 2.64. The molecule has 0 amide bonds. The summed E-state index contributed by atoms with van der Waals surface area (Å²) in [6.45, 7) is 0.323. The van der Waals surface area contributed by atoms with E-state index in [0.29, 0.717) is 22.3 Å². The molecule has 9 heteroatoms. The van der Waals surface area contributed by atoms with Crippen LogP contribution in [0, 0.1) is 0 Å². The van der Waals surface area contributed by atoms with Gasteiger partial charge in [0.1, 0.15) is 4.90 Å². The summed E-state index contributed by atoms with van der Waals surface area (Å²) in [5.41, 5.74) is 4.34. The van der Waals surface area contributed by atoms with Gasteiger partial charge in [0.25, 0.3) is 5.56 Å². The summed E-state index contributed by atoms with van der Waals surface area (Å²) < 4.78 is 11.6. The van der Waals surface area contributed by atoms with E-state index in [1.807, 2.05) is 37.4 Å². The van der Waals surface area contributed by atoms with Crippen LogP contribution in [0.1, 0.15) is 0 Å². The van der Waals surface area contributed by atoms with E-state index >= 15 is 0 Å². The van der Waals surface area contributed by atoms with E-state index in [1.54, 1.807) is 25.4 Å². The standard InChI is InChI=1S/C16H19N5O3S/c1-20-12-9-18-21(11-7-5-4-6-8-11)15(22)14(12)25-16(19-20)17-10-13(23-2)24-3/h4-9,13H,10H2,1-3H3,(H,17,19). The Morgan fingerprint density at radius 3 is 2.68 bits per heavy atom. The van der Waals surface area contributed by atoms with Gasteiger partial charge in [-0.25, -0.2) is 0 Å². The van der Waals surface area contributed by atoms with Crippen LogP contribution in [-0.4, -0.2) is 49.1 Å². The summed E-state index contributed by atoms with van der Waals surface area (Å²) in [7, 11) is 4.93. The zero-order valence-electron chi connectivity index (χ0n) is 14.2. The van der Waals surface area contributed by atoms with Gasteiger partial charge in [-0.05, 0) is 23.9 Å². The number of nitrogens with zero attached hydrogens (tertiary/aromatic N) is 4. The lowest BCUT2D eigenvalue weighted by Crippen LogP contribution is -2.44. The van der Waals surface area contributed by atoms with Crippen LogP contribution in [0.4, 0.5) is 5.69 Å². The number of hydrogen-bond acceptors (Lipinski definition) is 7. The van der Waals surface area contributed by atoms with E-state index in [-0.39, 0.29) is 5.56 Å². The van der Waals surface area contributed by atoms with Crippen molar-refractivity contribution >= 4 is 22.6 Å². The molecule has 1 aromatic heterocycles. The number of fused-ring (bicyclic) bond motifs is 1. The lowest BCUT2D eigenvalue weighted by Gasteiger charge is -2.28. The summed E-state index contributed by atoms with van der Waals surface area (Å²) in [6, 6.07) is 9.31. The molecule has 0 radical (unpaired) electrons. The first-order valence-electron chi connectivity index (χ1n) is 7.60. The number of amidine groups is 1. The molecule has 0 saturated carbocycles. The van der Waals surface area contributed by atoms with Crippen LogP contribution >= 0.6 is 11.8 Å². The molecule has 8 nitrogen and oxygen atoms in total. The molecule has 0 bridgehead atoms. The first-order chi connectivity index (χ1) is 12.1. The monoisotopic (exact) mass is 361 g/mol. The van der Waals surface area contributed by atoms with Gasteiger partial charge in [-0.2, -0.15) is 9.78 Å². The summed E-state index contributed by atoms with van der Waals surface area (Å²) in [4.78, 5) is 17.9. The number of nitrogens with one attached hydrogen (secondary N) is 1. The molecular formula is C16H19N5O3S. The Morgan fingerprint density at radius 2 is 2.00 bits per heavy atom. The fourth-order valence-corrected chi connectivity index (χ4v) is 3.29. The molecule has 1 aromatic carbocycles. The molecule has 1 aliphatic rings. The van der Waals surface area contributed by atoms with Crippen LogP contribution in [0.3, 0.4) is 0 Å². The van der Waals surface area contributed by atoms with Crippen molar-refractivity contribution in [2.24, 2.45) is 4.99 Å². The maximum absolute atomic E-state index is 12.9. The largest absolute Gasteiger partial charge is 0.354 e. The molecule has 1 N–H and O–H groups in total. The van der Waals surface area contributed by atoms with Crippen molar-refractivity contribution < 1.29 is 9.47 Å². The highest BCUT2D eigenvalue weighted by atomic mass is 32.2. The molecule has 0 unspecified atom stereocenters. The van der Waals surface area contributed by atoms with Crippen LogP contribution in [0.2, 0.25) is 0 Å². The first-order valence-corrected chi connectivity index (χ1v) is 8.41. The zero-order valence-corrected chi connectivity index (χ0v) is 15.0. The van der Waals surface area contributed by atoms with Crippen molar-refractivity contribution in [3.8, 4) is 5.69 Å². The molecule has 0 fully saturated rings. The van der Waals surface area contributed by atoms with Crippen molar-refractivity contribution in [2.75, 3.05) is 32.8 Å². The fraction of sp³-hybridized carbons (Fsp3) is 0.312. The minimum absolute atomic E-state index is 0.190. The molecule has 132 valence electrons. The smallest absolute Gasteiger partial charge is 0.287 e. The van der Waals surface area contributed by atoms with Crippen LogP contribution in [-0.2, 0) is 9.47 Å². The topological polar surface area (TPSA) is 81.0 Å². The number of aromatic nitrogens is 2. The molecular weight excluding hydrogens is 342 g/mol. The predicted molar refractivity (Wildman–Crippen MR) is 97.3 cm³/mol. The van der Waals surface area contributed by atoms with Crippen molar-refractivity contribution in [2.45, 2.75) is 11.2 Å². The van der Waals surface area contributed by atoms with E-state index in [9.17, 15) is 4.79 Å². The van der Waals surface area contributed by atoms with Gasteiger partial charge in [-0.1, -0.05) is 18.2 Å². The van der Waals surface area contributed by atoms with Gasteiger partial charge in [0.2, 0.25) is 0 Å². The van der Waals surface area contributed by atoms with Crippen molar-refractivity contribution in [3.63, 3.8) is 0 Å². The average molecular weight is 361 g/mol. The number of methoxy groups -OCH3 is 2. The Bertz CT molecular complexity index is 820. The van der Waals surface area contributed by atoms with Crippen molar-refractivity contribution in [1.82, 2.24) is 15.2 Å². The third-order valence-electron chi connectivity index (χ3n) is 3.65. The first kappa shape index (κ1) is 17.5. The molecule has 1 aliphatic heterocycles. The summed E-state index contributed by atoms with van der Waals surface area (Å²) in [6.07, 6.45) is 1.23. The number of ether oxygens (including phenoxy) is 2. The van der Waals surface area contributed by atoms with Crippen LogP contribution in [0.25, 0.3) is 5.69 Å². The second kappa shape index (κ2) is 7.68. The molecule has 0 aliphatic carbocycles. The van der Waals surface area contributed by atoms with E-state index in [2.05, 4.69) is 15.5 Å².